The van der Waals surface area contributed by atoms with Crippen molar-refractivity contribution in [3.63, 3.8) is 0 Å². The summed E-state index contributed by atoms with van der Waals surface area (Å²) >= 11 is 0. The van der Waals surface area contributed by atoms with Gasteiger partial charge in [-0.3, -0.25) is 0 Å². The van der Waals surface area contributed by atoms with E-state index in [0.717, 1.165) is 12.4 Å². The molecular formula is C13H23N3. The molecule has 0 aromatic carbocycles. The van der Waals surface area contributed by atoms with Crippen molar-refractivity contribution in [3.8, 4) is 0 Å². The lowest BCUT2D eigenvalue weighted by Crippen LogP contribution is -2.31. The van der Waals surface area contributed by atoms with Crippen LogP contribution in [-0.2, 0) is 0 Å². The summed E-state index contributed by atoms with van der Waals surface area (Å²) in [4.78, 5) is 4.45. The van der Waals surface area contributed by atoms with Crippen molar-refractivity contribution in [1.82, 2.24) is 9.55 Å². The fraction of sp³-hybridized carbons (Fsp3) is 0.769. The molecule has 90 valence electrons. The predicted molar refractivity (Wildman–Crippen MR) is 67.7 cm³/mol. The van der Waals surface area contributed by atoms with E-state index in [2.05, 4.69) is 41.8 Å². The van der Waals surface area contributed by atoms with E-state index in [9.17, 15) is 0 Å². The topological polar surface area (TPSA) is 29.9 Å². The number of nitrogens with zero attached hydrogens (tertiary/aromatic N) is 2. The quantitative estimate of drug-likeness (QED) is 0.842. The van der Waals surface area contributed by atoms with Gasteiger partial charge in [-0.25, -0.2) is 4.98 Å². The van der Waals surface area contributed by atoms with Gasteiger partial charge in [-0.1, -0.05) is 19.8 Å². The zero-order valence-corrected chi connectivity index (χ0v) is 10.7. The second-order valence-electron chi connectivity index (χ2n) is 5.46. The van der Waals surface area contributed by atoms with Crippen molar-refractivity contribution >= 4 is 5.95 Å². The summed E-state index contributed by atoms with van der Waals surface area (Å²) < 4.78 is 2.32. The molecule has 0 spiro atoms. The number of hydrogen-bond acceptors (Lipinski definition) is 2. The van der Waals surface area contributed by atoms with Gasteiger partial charge in [-0.2, -0.15) is 0 Å². The van der Waals surface area contributed by atoms with Crippen LogP contribution in [0.3, 0.4) is 0 Å². The summed E-state index contributed by atoms with van der Waals surface area (Å²) in [6.45, 7) is 6.65. The van der Waals surface area contributed by atoms with Gasteiger partial charge in [0, 0.05) is 24.0 Å². The lowest BCUT2D eigenvalue weighted by Gasteiger charge is -2.27. The van der Waals surface area contributed by atoms with Crippen LogP contribution in [0.1, 0.15) is 58.9 Å². The lowest BCUT2D eigenvalue weighted by molar-refractivity contribution is 0.496. The van der Waals surface area contributed by atoms with Crippen LogP contribution < -0.4 is 5.32 Å². The van der Waals surface area contributed by atoms with Crippen LogP contribution >= 0.6 is 0 Å². The number of anilines is 1. The number of aromatic nitrogens is 2. The van der Waals surface area contributed by atoms with Gasteiger partial charge >= 0.3 is 0 Å². The molecule has 2 rings (SSSR count). The van der Waals surface area contributed by atoms with Crippen LogP contribution in [0.4, 0.5) is 5.95 Å². The molecular weight excluding hydrogens is 198 g/mol. The van der Waals surface area contributed by atoms with Crippen molar-refractivity contribution in [2.45, 2.75) is 64.5 Å². The van der Waals surface area contributed by atoms with Crippen LogP contribution in [0.5, 0.6) is 0 Å². The Kier molecular flexibility index (Phi) is 3.22. The highest BCUT2D eigenvalue weighted by atomic mass is 15.2. The van der Waals surface area contributed by atoms with Crippen molar-refractivity contribution < 1.29 is 0 Å². The first-order valence-corrected chi connectivity index (χ1v) is 6.43. The number of rotatable bonds is 4. The summed E-state index contributed by atoms with van der Waals surface area (Å²) in [5.41, 5.74) is 0.127. The van der Waals surface area contributed by atoms with Crippen molar-refractivity contribution in [1.29, 1.82) is 0 Å². The number of imidazole rings is 1. The first-order chi connectivity index (χ1) is 7.62. The Bertz CT molecular complexity index is 335. The Morgan fingerprint density at radius 1 is 1.44 bits per heavy atom. The van der Waals surface area contributed by atoms with E-state index in [1.54, 1.807) is 0 Å². The van der Waals surface area contributed by atoms with E-state index in [-0.39, 0.29) is 5.54 Å². The Labute approximate surface area is 98.3 Å². The maximum absolute atomic E-state index is 4.45. The standard InChI is InChI=1S/C13H23N3/c1-4-13(2,3)15-12-14-9-10-16(12)11-7-5-6-8-11/h9-11H,4-8H2,1-3H3,(H,14,15). The third-order valence-electron chi connectivity index (χ3n) is 3.72. The van der Waals surface area contributed by atoms with Crippen LogP contribution in [0, 0.1) is 0 Å². The second-order valence-corrected chi connectivity index (χ2v) is 5.46. The zero-order valence-electron chi connectivity index (χ0n) is 10.7. The highest BCUT2D eigenvalue weighted by Crippen LogP contribution is 2.32. The number of hydrogen-bond donors (Lipinski definition) is 1. The van der Waals surface area contributed by atoms with Crippen molar-refractivity contribution in [2.24, 2.45) is 0 Å². The molecule has 0 aliphatic heterocycles. The minimum absolute atomic E-state index is 0.127. The highest BCUT2D eigenvalue weighted by Gasteiger charge is 2.22. The molecule has 1 heterocycles. The Morgan fingerprint density at radius 3 is 2.75 bits per heavy atom. The average Bonchev–Trinajstić information content (AvgIpc) is 2.86. The maximum atomic E-state index is 4.45. The van der Waals surface area contributed by atoms with Crippen LogP contribution in [-0.4, -0.2) is 15.1 Å². The summed E-state index contributed by atoms with van der Waals surface area (Å²) in [7, 11) is 0. The van der Waals surface area contributed by atoms with E-state index in [1.807, 2.05) is 6.20 Å². The molecule has 0 amide bonds. The molecule has 0 saturated heterocycles. The number of nitrogens with one attached hydrogen (secondary N) is 1. The highest BCUT2D eigenvalue weighted by molar-refractivity contribution is 5.30. The van der Waals surface area contributed by atoms with E-state index in [0.29, 0.717) is 6.04 Å². The third-order valence-corrected chi connectivity index (χ3v) is 3.72. The molecule has 16 heavy (non-hydrogen) atoms. The van der Waals surface area contributed by atoms with E-state index < -0.39 is 0 Å². The van der Waals surface area contributed by atoms with Gasteiger partial charge in [0.1, 0.15) is 0 Å². The van der Waals surface area contributed by atoms with Crippen molar-refractivity contribution in [3.05, 3.63) is 12.4 Å². The maximum Gasteiger partial charge on any atom is 0.203 e. The zero-order chi connectivity index (χ0) is 11.6. The Morgan fingerprint density at radius 2 is 2.12 bits per heavy atom. The van der Waals surface area contributed by atoms with Gasteiger partial charge in [0.25, 0.3) is 0 Å². The lowest BCUT2D eigenvalue weighted by atomic mass is 10.0. The molecule has 0 radical (unpaired) electrons. The van der Waals surface area contributed by atoms with Gasteiger partial charge in [0.2, 0.25) is 5.95 Å². The summed E-state index contributed by atoms with van der Waals surface area (Å²) in [5, 5.41) is 3.55. The molecule has 1 fully saturated rings. The molecule has 0 atom stereocenters. The normalized spacial score (nSPS) is 17.9. The van der Waals surface area contributed by atoms with Gasteiger partial charge in [0.05, 0.1) is 0 Å². The smallest absolute Gasteiger partial charge is 0.203 e. The predicted octanol–water partition coefficient (Wildman–Crippen LogP) is 3.60. The SMILES string of the molecule is CCC(C)(C)Nc1nccn1C1CCCC1. The van der Waals surface area contributed by atoms with E-state index >= 15 is 0 Å². The first-order valence-electron chi connectivity index (χ1n) is 6.43. The summed E-state index contributed by atoms with van der Waals surface area (Å²) in [6, 6.07) is 0.664. The first kappa shape index (κ1) is 11.5. The van der Waals surface area contributed by atoms with Crippen molar-refractivity contribution in [2.75, 3.05) is 5.32 Å². The molecule has 0 bridgehead atoms. The van der Waals surface area contributed by atoms with Crippen LogP contribution in [0.15, 0.2) is 12.4 Å². The summed E-state index contributed by atoms with van der Waals surface area (Å²) in [5.74, 6) is 1.04. The van der Waals surface area contributed by atoms with E-state index in [1.165, 1.54) is 25.7 Å². The molecule has 3 nitrogen and oxygen atoms in total. The monoisotopic (exact) mass is 221 g/mol. The van der Waals surface area contributed by atoms with Gasteiger partial charge in [-0.05, 0) is 33.1 Å². The Balaban J connectivity index is 2.12. The van der Waals surface area contributed by atoms with E-state index in [4.69, 9.17) is 0 Å². The molecule has 0 unspecified atom stereocenters. The van der Waals surface area contributed by atoms with Gasteiger partial charge in [0.15, 0.2) is 0 Å². The molecule has 1 aromatic heterocycles. The molecule has 1 saturated carbocycles. The van der Waals surface area contributed by atoms with Gasteiger partial charge in [-0.15, -0.1) is 0 Å². The molecule has 1 N–H and O–H groups in total. The molecule has 1 aromatic rings. The minimum Gasteiger partial charge on any atom is -0.351 e. The second kappa shape index (κ2) is 4.48. The largest absolute Gasteiger partial charge is 0.351 e. The Hall–Kier alpha value is -0.990. The third kappa shape index (κ3) is 2.39. The van der Waals surface area contributed by atoms with Crippen LogP contribution in [0.2, 0.25) is 0 Å². The molecule has 1 aliphatic carbocycles. The molecule has 3 heteroatoms. The average molecular weight is 221 g/mol. The fourth-order valence-electron chi connectivity index (χ4n) is 2.28. The summed E-state index contributed by atoms with van der Waals surface area (Å²) in [6.07, 6.45) is 10.5. The van der Waals surface area contributed by atoms with Crippen LogP contribution in [0.25, 0.3) is 0 Å². The fourth-order valence-corrected chi connectivity index (χ4v) is 2.28. The minimum atomic E-state index is 0.127. The molecule has 1 aliphatic rings. The van der Waals surface area contributed by atoms with Gasteiger partial charge < -0.3 is 9.88 Å².